The van der Waals surface area contributed by atoms with Crippen LogP contribution in [0, 0.1) is 5.41 Å². The third-order valence-corrected chi connectivity index (χ3v) is 6.96. The zero-order chi connectivity index (χ0) is 20.3. The molecule has 0 bridgehead atoms. The minimum atomic E-state index is -3.80. The molecule has 0 spiro atoms. The summed E-state index contributed by atoms with van der Waals surface area (Å²) in [5, 5.41) is 0.794. The number of ketones is 1. The Balaban J connectivity index is 1.79. The second-order valence-corrected chi connectivity index (χ2v) is 10.7. The number of halogens is 2. The van der Waals surface area contributed by atoms with E-state index in [-0.39, 0.29) is 26.8 Å². The Hall–Kier alpha value is -1.83. The normalized spacial score (nSPS) is 16.2. The van der Waals surface area contributed by atoms with Gasteiger partial charge in [0.2, 0.25) is 0 Å². The lowest BCUT2D eigenvalue weighted by Crippen LogP contribution is -2.25. The molecule has 2 aromatic carbocycles. The number of benzene rings is 2. The molecule has 0 saturated carbocycles. The largest absolute Gasteiger partial charge is 0.459 e. The van der Waals surface area contributed by atoms with E-state index < -0.39 is 10.0 Å². The van der Waals surface area contributed by atoms with Crippen molar-refractivity contribution in [1.82, 2.24) is 0 Å². The maximum atomic E-state index is 12.7. The maximum absolute atomic E-state index is 12.7. The number of nitrogens with one attached hydrogen (secondary N) is 1. The zero-order valence-electron chi connectivity index (χ0n) is 15.2. The third-order valence-electron chi connectivity index (χ3n) is 4.75. The molecule has 0 radical (unpaired) electrons. The first kappa shape index (κ1) is 19.5. The number of hydrogen-bond acceptors (Lipinski definition) is 4. The van der Waals surface area contributed by atoms with Crippen LogP contribution in [0.4, 0.5) is 5.69 Å². The lowest BCUT2D eigenvalue weighted by Gasteiger charge is -2.27. The molecular formula is C20H17BrClNO4S. The number of carbonyl (C=O) groups excluding carboxylic acids is 1. The maximum Gasteiger partial charge on any atom is 0.261 e. The number of furan rings is 1. The van der Waals surface area contributed by atoms with Gasteiger partial charge in [0.05, 0.1) is 21.2 Å². The van der Waals surface area contributed by atoms with Gasteiger partial charge in [-0.05, 0) is 41.8 Å². The van der Waals surface area contributed by atoms with Gasteiger partial charge in [-0.2, -0.15) is 0 Å². The smallest absolute Gasteiger partial charge is 0.261 e. The zero-order valence-corrected chi connectivity index (χ0v) is 18.3. The molecule has 1 aromatic heterocycles. The van der Waals surface area contributed by atoms with Crippen molar-refractivity contribution in [1.29, 1.82) is 0 Å². The Bertz CT molecular complexity index is 1210. The van der Waals surface area contributed by atoms with Crippen molar-refractivity contribution < 1.29 is 17.6 Å². The van der Waals surface area contributed by atoms with Crippen molar-refractivity contribution in [3.05, 3.63) is 57.2 Å². The molecule has 0 unspecified atom stereocenters. The monoisotopic (exact) mass is 481 g/mol. The van der Waals surface area contributed by atoms with Gasteiger partial charge in [-0.1, -0.05) is 41.4 Å². The number of hydrogen-bond donors (Lipinski definition) is 1. The standard InChI is InChI=1S/C20H17BrClNO4S/c1-20(2)9-16(24)18-14-7-12(8-15(22)19(14)27-17(18)10-20)23-28(25,26)13-5-3-11(21)4-6-13/h3-8,23H,9-10H2,1-2H3. The Kier molecular flexibility index (Phi) is 4.60. The van der Waals surface area contributed by atoms with E-state index >= 15 is 0 Å². The van der Waals surface area contributed by atoms with E-state index in [0.29, 0.717) is 35.1 Å². The Morgan fingerprint density at radius 3 is 2.50 bits per heavy atom. The van der Waals surface area contributed by atoms with E-state index in [1.165, 1.54) is 18.2 Å². The van der Waals surface area contributed by atoms with Crippen molar-refractivity contribution in [2.75, 3.05) is 4.72 Å². The van der Waals surface area contributed by atoms with Crippen LogP contribution < -0.4 is 4.72 Å². The summed E-state index contributed by atoms with van der Waals surface area (Å²) in [4.78, 5) is 12.8. The predicted octanol–water partition coefficient (Wildman–Crippen LogP) is 5.80. The molecular weight excluding hydrogens is 466 g/mol. The molecule has 146 valence electrons. The fourth-order valence-electron chi connectivity index (χ4n) is 3.54. The number of rotatable bonds is 3. The molecule has 0 amide bonds. The number of fused-ring (bicyclic) bond motifs is 3. The molecule has 28 heavy (non-hydrogen) atoms. The molecule has 1 aliphatic carbocycles. The quantitative estimate of drug-likeness (QED) is 0.511. The first-order valence-electron chi connectivity index (χ1n) is 8.62. The van der Waals surface area contributed by atoms with Crippen molar-refractivity contribution in [3.8, 4) is 0 Å². The summed E-state index contributed by atoms with van der Waals surface area (Å²) in [5.74, 6) is 0.583. The van der Waals surface area contributed by atoms with E-state index in [0.717, 1.165) is 4.47 Å². The molecule has 5 nitrogen and oxygen atoms in total. The third kappa shape index (κ3) is 3.47. The van der Waals surface area contributed by atoms with Crippen LogP contribution in [-0.4, -0.2) is 14.2 Å². The van der Waals surface area contributed by atoms with Gasteiger partial charge in [0.25, 0.3) is 10.0 Å². The second-order valence-electron chi connectivity index (χ2n) is 7.74. The number of anilines is 1. The van der Waals surface area contributed by atoms with Gasteiger partial charge >= 0.3 is 0 Å². The molecule has 0 fully saturated rings. The van der Waals surface area contributed by atoms with E-state index in [1.54, 1.807) is 18.2 Å². The van der Waals surface area contributed by atoms with Crippen LogP contribution >= 0.6 is 27.5 Å². The second kappa shape index (κ2) is 6.61. The van der Waals surface area contributed by atoms with E-state index in [9.17, 15) is 13.2 Å². The summed E-state index contributed by atoms with van der Waals surface area (Å²) in [7, 11) is -3.80. The summed E-state index contributed by atoms with van der Waals surface area (Å²) in [6, 6.07) is 9.39. The Morgan fingerprint density at radius 2 is 1.82 bits per heavy atom. The van der Waals surface area contributed by atoms with Gasteiger partial charge in [0.15, 0.2) is 11.4 Å². The molecule has 0 atom stereocenters. The average molecular weight is 483 g/mol. The van der Waals surface area contributed by atoms with Crippen LogP contribution in [0.5, 0.6) is 0 Å². The number of carbonyl (C=O) groups is 1. The molecule has 1 aliphatic rings. The summed E-state index contributed by atoms with van der Waals surface area (Å²) < 4.78 is 34.5. The van der Waals surface area contributed by atoms with Crippen LogP contribution in [0.1, 0.15) is 36.4 Å². The van der Waals surface area contributed by atoms with Gasteiger partial charge in [0, 0.05) is 22.7 Å². The highest BCUT2D eigenvalue weighted by Gasteiger charge is 2.35. The Morgan fingerprint density at radius 1 is 1.14 bits per heavy atom. The molecule has 0 aliphatic heterocycles. The molecule has 8 heteroatoms. The van der Waals surface area contributed by atoms with Crippen molar-refractivity contribution in [2.24, 2.45) is 5.41 Å². The topological polar surface area (TPSA) is 76.4 Å². The molecule has 1 N–H and O–H groups in total. The molecule has 0 saturated heterocycles. The predicted molar refractivity (Wildman–Crippen MR) is 113 cm³/mol. The fourth-order valence-corrected chi connectivity index (χ4v) is 5.11. The molecule has 1 heterocycles. The lowest BCUT2D eigenvalue weighted by molar-refractivity contribution is 0.0906. The van der Waals surface area contributed by atoms with Gasteiger partial charge in [-0.15, -0.1) is 0 Å². The van der Waals surface area contributed by atoms with Crippen molar-refractivity contribution in [3.63, 3.8) is 0 Å². The number of sulfonamides is 1. The van der Waals surface area contributed by atoms with Crippen LogP contribution in [0.25, 0.3) is 11.0 Å². The fraction of sp³-hybridized carbons (Fsp3) is 0.250. The van der Waals surface area contributed by atoms with E-state index in [4.69, 9.17) is 16.0 Å². The van der Waals surface area contributed by atoms with Crippen molar-refractivity contribution >= 4 is 60.0 Å². The van der Waals surface area contributed by atoms with Crippen LogP contribution in [0.15, 0.2) is 50.2 Å². The van der Waals surface area contributed by atoms with Gasteiger partial charge in [-0.25, -0.2) is 8.42 Å². The van der Waals surface area contributed by atoms with Gasteiger partial charge in [-0.3, -0.25) is 9.52 Å². The summed E-state index contributed by atoms with van der Waals surface area (Å²) in [6.45, 7) is 4.03. The minimum absolute atomic E-state index is 0.0195. The van der Waals surface area contributed by atoms with E-state index in [2.05, 4.69) is 20.7 Å². The van der Waals surface area contributed by atoms with Crippen molar-refractivity contribution in [2.45, 2.75) is 31.6 Å². The first-order valence-corrected chi connectivity index (χ1v) is 11.3. The highest BCUT2D eigenvalue weighted by molar-refractivity contribution is 9.10. The van der Waals surface area contributed by atoms with Crippen LogP contribution in [0.3, 0.4) is 0 Å². The summed E-state index contributed by atoms with van der Waals surface area (Å²) >= 11 is 9.63. The SMILES string of the molecule is CC1(C)CC(=O)c2c(oc3c(Cl)cc(NS(=O)(=O)c4ccc(Br)cc4)cc23)C1. The minimum Gasteiger partial charge on any atom is -0.459 e. The highest BCUT2D eigenvalue weighted by atomic mass is 79.9. The average Bonchev–Trinajstić information content (AvgIpc) is 2.92. The summed E-state index contributed by atoms with van der Waals surface area (Å²) in [5.41, 5.74) is 1.00. The van der Waals surface area contributed by atoms with Gasteiger partial charge < -0.3 is 4.42 Å². The first-order chi connectivity index (χ1) is 13.1. The van der Waals surface area contributed by atoms with Crippen LogP contribution in [0.2, 0.25) is 5.02 Å². The summed E-state index contributed by atoms with van der Waals surface area (Å²) in [6.07, 6.45) is 1.03. The molecule has 3 aromatic rings. The lowest BCUT2D eigenvalue weighted by atomic mass is 9.76. The molecule has 4 rings (SSSR count). The Labute approximate surface area is 176 Å². The van der Waals surface area contributed by atoms with Crippen LogP contribution in [-0.2, 0) is 16.4 Å². The number of Topliss-reactive ketones (excluding diaryl/α,β-unsaturated/α-hetero) is 1. The highest BCUT2D eigenvalue weighted by Crippen LogP contribution is 2.42. The van der Waals surface area contributed by atoms with E-state index in [1.807, 2.05) is 13.8 Å². The van der Waals surface area contributed by atoms with Gasteiger partial charge in [0.1, 0.15) is 5.76 Å².